The van der Waals surface area contributed by atoms with Gasteiger partial charge < -0.3 is 30.5 Å². The summed E-state index contributed by atoms with van der Waals surface area (Å²) >= 11 is 6.35. The standard InChI is InChI=1S/C20H24ClNO5/c1-26-14-5-2-11(3-6-14)8-13-9-12(4-7-15(13)21)20-19(25)18(24)17(23)16(10-22)27-20/h2-7,9,16-20,23-25H,8,10,22H2,1H3/t16-,17-,18+,19-,20+/m1/s1. The molecule has 0 amide bonds. The van der Waals surface area contributed by atoms with Gasteiger partial charge in [0, 0.05) is 11.6 Å². The first-order chi connectivity index (χ1) is 12.9. The molecule has 5 atom stereocenters. The molecule has 0 spiro atoms. The summed E-state index contributed by atoms with van der Waals surface area (Å²) in [5.41, 5.74) is 8.19. The van der Waals surface area contributed by atoms with Crippen molar-refractivity contribution in [1.82, 2.24) is 0 Å². The van der Waals surface area contributed by atoms with Gasteiger partial charge in [-0.05, 0) is 41.3 Å². The highest BCUT2D eigenvalue weighted by Gasteiger charge is 2.43. The number of methoxy groups -OCH3 is 1. The minimum absolute atomic E-state index is 0.0355. The summed E-state index contributed by atoms with van der Waals surface area (Å²) in [7, 11) is 1.62. The Labute approximate surface area is 163 Å². The van der Waals surface area contributed by atoms with E-state index in [4.69, 9.17) is 26.8 Å². The Kier molecular flexibility index (Phi) is 6.37. The number of nitrogens with two attached hydrogens (primary N) is 1. The molecule has 0 aliphatic carbocycles. The monoisotopic (exact) mass is 393 g/mol. The third kappa shape index (κ3) is 4.27. The minimum Gasteiger partial charge on any atom is -0.497 e. The second-order valence-corrected chi connectivity index (χ2v) is 7.09. The Bertz CT molecular complexity index is 767. The fourth-order valence-corrected chi connectivity index (χ4v) is 3.48. The highest BCUT2D eigenvalue weighted by molar-refractivity contribution is 6.31. The predicted octanol–water partition coefficient (Wildman–Crippen LogP) is 1.42. The third-order valence-electron chi connectivity index (χ3n) is 4.90. The highest BCUT2D eigenvalue weighted by Crippen LogP contribution is 2.34. The first-order valence-electron chi connectivity index (χ1n) is 8.75. The van der Waals surface area contributed by atoms with Gasteiger partial charge in [-0.3, -0.25) is 0 Å². The number of halogens is 1. The molecule has 27 heavy (non-hydrogen) atoms. The largest absolute Gasteiger partial charge is 0.497 e. The molecule has 6 nitrogen and oxygen atoms in total. The quantitative estimate of drug-likeness (QED) is 0.612. The van der Waals surface area contributed by atoms with Crippen LogP contribution >= 0.6 is 11.6 Å². The zero-order valence-electron chi connectivity index (χ0n) is 15.0. The lowest BCUT2D eigenvalue weighted by Gasteiger charge is -2.40. The second kappa shape index (κ2) is 8.56. The molecule has 1 saturated heterocycles. The van der Waals surface area contributed by atoms with E-state index in [2.05, 4.69) is 0 Å². The number of ether oxygens (including phenoxy) is 2. The van der Waals surface area contributed by atoms with Gasteiger partial charge in [-0.1, -0.05) is 35.9 Å². The molecule has 2 aromatic carbocycles. The molecule has 1 aliphatic rings. The first-order valence-corrected chi connectivity index (χ1v) is 9.13. The van der Waals surface area contributed by atoms with Crippen LogP contribution in [0.5, 0.6) is 5.75 Å². The van der Waals surface area contributed by atoms with E-state index in [1.54, 1.807) is 19.2 Å². The maximum Gasteiger partial charge on any atom is 0.118 e. The number of hydrogen-bond donors (Lipinski definition) is 4. The Morgan fingerprint density at radius 3 is 2.37 bits per heavy atom. The van der Waals surface area contributed by atoms with Crippen molar-refractivity contribution >= 4 is 11.6 Å². The predicted molar refractivity (Wildman–Crippen MR) is 102 cm³/mol. The van der Waals surface area contributed by atoms with Crippen LogP contribution in [0, 0.1) is 0 Å². The van der Waals surface area contributed by atoms with Crippen molar-refractivity contribution in [2.45, 2.75) is 36.9 Å². The van der Waals surface area contributed by atoms with Crippen LogP contribution in [0.15, 0.2) is 42.5 Å². The van der Waals surface area contributed by atoms with E-state index >= 15 is 0 Å². The van der Waals surface area contributed by atoms with Crippen LogP contribution in [0.2, 0.25) is 5.02 Å². The van der Waals surface area contributed by atoms with E-state index in [0.29, 0.717) is 17.0 Å². The van der Waals surface area contributed by atoms with Gasteiger partial charge in [0.05, 0.1) is 13.2 Å². The van der Waals surface area contributed by atoms with Crippen LogP contribution in [-0.2, 0) is 11.2 Å². The van der Waals surface area contributed by atoms with E-state index in [-0.39, 0.29) is 6.54 Å². The summed E-state index contributed by atoms with van der Waals surface area (Å²) < 4.78 is 10.9. The summed E-state index contributed by atoms with van der Waals surface area (Å²) in [6.07, 6.45) is -4.80. The minimum atomic E-state index is -1.34. The summed E-state index contributed by atoms with van der Waals surface area (Å²) in [6.45, 7) is 0.0355. The highest BCUT2D eigenvalue weighted by atomic mass is 35.5. The average Bonchev–Trinajstić information content (AvgIpc) is 2.69. The van der Waals surface area contributed by atoms with Gasteiger partial charge in [-0.25, -0.2) is 0 Å². The molecular weight excluding hydrogens is 370 g/mol. The van der Waals surface area contributed by atoms with E-state index < -0.39 is 30.5 Å². The van der Waals surface area contributed by atoms with E-state index in [1.165, 1.54) is 0 Å². The van der Waals surface area contributed by atoms with Gasteiger partial charge in [-0.2, -0.15) is 0 Å². The van der Waals surface area contributed by atoms with Crippen LogP contribution in [0.25, 0.3) is 0 Å². The van der Waals surface area contributed by atoms with Crippen LogP contribution in [0.3, 0.4) is 0 Å². The van der Waals surface area contributed by atoms with Crippen LogP contribution < -0.4 is 10.5 Å². The van der Waals surface area contributed by atoms with E-state index in [1.807, 2.05) is 30.3 Å². The zero-order chi connectivity index (χ0) is 19.6. The van der Waals surface area contributed by atoms with Crippen LogP contribution in [0.4, 0.5) is 0 Å². The summed E-state index contributed by atoms with van der Waals surface area (Å²) in [5, 5.41) is 31.0. The Balaban J connectivity index is 1.85. The summed E-state index contributed by atoms with van der Waals surface area (Å²) in [4.78, 5) is 0. The van der Waals surface area contributed by atoms with E-state index in [9.17, 15) is 15.3 Å². The van der Waals surface area contributed by atoms with Gasteiger partial charge in [0.15, 0.2) is 0 Å². The fraction of sp³-hybridized carbons (Fsp3) is 0.400. The number of aliphatic hydroxyl groups is 3. The third-order valence-corrected chi connectivity index (χ3v) is 5.27. The lowest BCUT2D eigenvalue weighted by Crippen LogP contribution is -2.56. The lowest BCUT2D eigenvalue weighted by molar-refractivity contribution is -0.221. The second-order valence-electron chi connectivity index (χ2n) is 6.68. The topological polar surface area (TPSA) is 105 Å². The van der Waals surface area contributed by atoms with Crippen molar-refractivity contribution in [1.29, 1.82) is 0 Å². The van der Waals surface area contributed by atoms with Crippen LogP contribution in [-0.4, -0.2) is 53.4 Å². The first kappa shape index (κ1) is 20.1. The molecular formula is C20H24ClNO5. The lowest BCUT2D eigenvalue weighted by atomic mass is 9.90. The van der Waals surface area contributed by atoms with Crippen molar-refractivity contribution in [2.24, 2.45) is 5.73 Å². The van der Waals surface area contributed by atoms with Crippen molar-refractivity contribution in [3.05, 3.63) is 64.2 Å². The molecule has 0 unspecified atom stereocenters. The van der Waals surface area contributed by atoms with Crippen molar-refractivity contribution in [3.63, 3.8) is 0 Å². The average molecular weight is 394 g/mol. The van der Waals surface area contributed by atoms with Crippen molar-refractivity contribution < 1.29 is 24.8 Å². The molecule has 7 heteroatoms. The van der Waals surface area contributed by atoms with Gasteiger partial charge in [-0.15, -0.1) is 0 Å². The molecule has 0 bridgehead atoms. The Hall–Kier alpha value is -1.67. The number of benzene rings is 2. The number of hydrogen-bond acceptors (Lipinski definition) is 6. The molecule has 0 saturated carbocycles. The maximum atomic E-state index is 10.4. The number of aliphatic hydroxyl groups excluding tert-OH is 3. The van der Waals surface area contributed by atoms with Gasteiger partial charge in [0.1, 0.15) is 30.2 Å². The molecule has 1 fully saturated rings. The summed E-state index contributed by atoms with van der Waals surface area (Å²) in [5.74, 6) is 0.776. The smallest absolute Gasteiger partial charge is 0.118 e. The van der Waals surface area contributed by atoms with Gasteiger partial charge in [0.2, 0.25) is 0 Å². The molecule has 2 aromatic rings. The normalized spacial score (nSPS) is 28.1. The SMILES string of the molecule is COc1ccc(Cc2cc([C@@H]3O[C@H](CN)[C@@H](O)[C@H](O)[C@H]3O)ccc2Cl)cc1. The number of rotatable bonds is 5. The fourth-order valence-electron chi connectivity index (χ4n) is 3.29. The summed E-state index contributed by atoms with van der Waals surface area (Å²) in [6, 6.07) is 13.0. The molecule has 5 N–H and O–H groups in total. The molecule has 0 aromatic heterocycles. The molecule has 146 valence electrons. The Morgan fingerprint density at radius 2 is 1.74 bits per heavy atom. The zero-order valence-corrected chi connectivity index (χ0v) is 15.7. The van der Waals surface area contributed by atoms with Gasteiger partial charge in [0.25, 0.3) is 0 Å². The molecule has 3 rings (SSSR count). The van der Waals surface area contributed by atoms with Crippen molar-refractivity contribution in [3.8, 4) is 5.75 Å². The maximum absolute atomic E-state index is 10.4. The van der Waals surface area contributed by atoms with Gasteiger partial charge >= 0.3 is 0 Å². The van der Waals surface area contributed by atoms with Crippen LogP contribution in [0.1, 0.15) is 22.8 Å². The molecule has 1 heterocycles. The van der Waals surface area contributed by atoms with Crippen molar-refractivity contribution in [2.75, 3.05) is 13.7 Å². The Morgan fingerprint density at radius 1 is 1.04 bits per heavy atom. The van der Waals surface area contributed by atoms with E-state index in [0.717, 1.165) is 16.9 Å². The molecule has 0 radical (unpaired) electrons. The molecule has 1 aliphatic heterocycles.